The molecule has 21 heavy (non-hydrogen) atoms. The second-order valence-corrected chi connectivity index (χ2v) is 5.61. The van der Waals surface area contributed by atoms with Crippen LogP contribution in [0.5, 0.6) is 0 Å². The van der Waals surface area contributed by atoms with Crippen molar-refractivity contribution in [1.82, 2.24) is 9.88 Å². The van der Waals surface area contributed by atoms with Crippen LogP contribution in [0.3, 0.4) is 0 Å². The van der Waals surface area contributed by atoms with Crippen molar-refractivity contribution in [3.05, 3.63) is 23.4 Å². The summed E-state index contributed by atoms with van der Waals surface area (Å²) in [4.78, 5) is 20.2. The molecule has 3 heterocycles. The van der Waals surface area contributed by atoms with E-state index in [0.717, 1.165) is 25.3 Å². The molecule has 1 atom stereocenters. The van der Waals surface area contributed by atoms with Crippen molar-refractivity contribution in [2.75, 3.05) is 44.3 Å². The van der Waals surface area contributed by atoms with Crippen molar-refractivity contribution in [2.24, 2.45) is 0 Å². The summed E-state index contributed by atoms with van der Waals surface area (Å²) in [6, 6.07) is 3.59. The van der Waals surface area contributed by atoms with E-state index in [1.165, 1.54) is 0 Å². The zero-order valence-electron chi connectivity index (χ0n) is 11.7. The molecule has 1 unspecified atom stereocenters. The van der Waals surface area contributed by atoms with E-state index in [9.17, 15) is 4.79 Å². The summed E-state index contributed by atoms with van der Waals surface area (Å²) in [6.07, 6.45) is 2.14. The molecule has 0 N–H and O–H groups in total. The fourth-order valence-corrected chi connectivity index (χ4v) is 2.66. The first kappa shape index (κ1) is 14.4. The van der Waals surface area contributed by atoms with Crippen LogP contribution in [0.2, 0.25) is 5.02 Å². The zero-order chi connectivity index (χ0) is 14.7. The number of hydrogen-bond acceptors (Lipinski definition) is 5. The third kappa shape index (κ3) is 3.57. The second-order valence-electron chi connectivity index (χ2n) is 5.18. The topological polar surface area (TPSA) is 54.9 Å². The molecular weight excluding hydrogens is 294 g/mol. The van der Waals surface area contributed by atoms with Gasteiger partial charge in [-0.3, -0.25) is 0 Å². The van der Waals surface area contributed by atoms with Gasteiger partial charge < -0.3 is 19.3 Å². The van der Waals surface area contributed by atoms with Gasteiger partial charge in [0.05, 0.1) is 13.2 Å². The molecule has 2 fully saturated rings. The van der Waals surface area contributed by atoms with Gasteiger partial charge >= 0.3 is 6.09 Å². The average Bonchev–Trinajstić information content (AvgIpc) is 3.00. The zero-order valence-corrected chi connectivity index (χ0v) is 12.5. The summed E-state index contributed by atoms with van der Waals surface area (Å²) in [6.45, 7) is 3.89. The van der Waals surface area contributed by atoms with Gasteiger partial charge in [0.25, 0.3) is 0 Å². The normalized spacial score (nSPS) is 22.4. The number of nitrogens with zero attached hydrogens (tertiary/aromatic N) is 3. The maximum atomic E-state index is 12.0. The van der Waals surface area contributed by atoms with Gasteiger partial charge in [-0.2, -0.15) is 0 Å². The summed E-state index contributed by atoms with van der Waals surface area (Å²) in [5.74, 6) is 0.847. The number of amides is 1. The fourth-order valence-electron chi connectivity index (χ4n) is 2.51. The van der Waals surface area contributed by atoms with Crippen LogP contribution in [0.1, 0.15) is 6.42 Å². The van der Waals surface area contributed by atoms with E-state index >= 15 is 0 Å². The highest BCUT2D eigenvalue weighted by atomic mass is 35.5. The van der Waals surface area contributed by atoms with Gasteiger partial charge in [-0.25, -0.2) is 9.78 Å². The minimum absolute atomic E-state index is 0.0925. The molecule has 7 heteroatoms. The third-order valence-electron chi connectivity index (χ3n) is 3.72. The van der Waals surface area contributed by atoms with Crippen molar-refractivity contribution in [3.8, 4) is 0 Å². The molecule has 0 aliphatic carbocycles. The summed E-state index contributed by atoms with van der Waals surface area (Å²) in [5, 5.41) is 0.670. The van der Waals surface area contributed by atoms with E-state index in [1.807, 2.05) is 6.07 Å². The quantitative estimate of drug-likeness (QED) is 0.833. The molecule has 2 saturated heterocycles. The highest BCUT2D eigenvalue weighted by molar-refractivity contribution is 6.30. The van der Waals surface area contributed by atoms with Gasteiger partial charge in [0, 0.05) is 43.8 Å². The van der Waals surface area contributed by atoms with Gasteiger partial charge in [0.1, 0.15) is 11.9 Å². The van der Waals surface area contributed by atoms with Gasteiger partial charge in [-0.1, -0.05) is 11.6 Å². The standard InChI is InChI=1S/C14H18ClN3O3/c15-11-1-3-16-13(9-11)17-4-6-18(7-5-17)14(19)21-12-2-8-20-10-12/h1,3,9,12H,2,4-8,10H2. The number of ether oxygens (including phenoxy) is 2. The smallest absolute Gasteiger partial charge is 0.410 e. The Morgan fingerprint density at radius 3 is 2.86 bits per heavy atom. The lowest BCUT2D eigenvalue weighted by Crippen LogP contribution is -2.49. The maximum Gasteiger partial charge on any atom is 0.410 e. The Bertz CT molecular complexity index is 500. The minimum Gasteiger partial charge on any atom is -0.444 e. The molecule has 2 aliphatic rings. The number of rotatable bonds is 2. The van der Waals surface area contributed by atoms with Crippen molar-refractivity contribution < 1.29 is 14.3 Å². The summed E-state index contributed by atoms with van der Waals surface area (Å²) < 4.78 is 10.6. The summed E-state index contributed by atoms with van der Waals surface area (Å²) in [7, 11) is 0. The van der Waals surface area contributed by atoms with Crippen LogP contribution >= 0.6 is 11.6 Å². The Kier molecular flexibility index (Phi) is 4.45. The van der Waals surface area contributed by atoms with Crippen molar-refractivity contribution in [1.29, 1.82) is 0 Å². The number of hydrogen-bond donors (Lipinski definition) is 0. The highest BCUT2D eigenvalue weighted by Crippen LogP contribution is 2.18. The first-order chi connectivity index (χ1) is 10.2. The highest BCUT2D eigenvalue weighted by Gasteiger charge is 2.26. The minimum atomic E-state index is -0.246. The number of anilines is 1. The Labute approximate surface area is 128 Å². The number of pyridine rings is 1. The third-order valence-corrected chi connectivity index (χ3v) is 3.96. The molecule has 1 amide bonds. The number of carbonyl (C=O) groups is 1. The molecule has 3 rings (SSSR count). The monoisotopic (exact) mass is 311 g/mol. The van der Waals surface area contributed by atoms with E-state index in [2.05, 4.69) is 9.88 Å². The van der Waals surface area contributed by atoms with Gasteiger partial charge in [0.2, 0.25) is 0 Å². The SMILES string of the molecule is O=C(OC1CCOC1)N1CCN(c2cc(Cl)ccn2)CC1. The largest absolute Gasteiger partial charge is 0.444 e. The van der Waals surface area contributed by atoms with Gasteiger partial charge in [-0.15, -0.1) is 0 Å². The lowest BCUT2D eigenvalue weighted by molar-refractivity contribution is 0.0534. The van der Waals surface area contributed by atoms with Crippen LogP contribution in [0, 0.1) is 0 Å². The predicted octanol–water partition coefficient (Wildman–Crippen LogP) is 1.78. The van der Waals surface area contributed by atoms with Crippen LogP contribution < -0.4 is 4.90 Å². The molecule has 114 valence electrons. The van der Waals surface area contributed by atoms with Gasteiger partial charge in [0.15, 0.2) is 0 Å². The number of carbonyl (C=O) groups excluding carboxylic acids is 1. The predicted molar refractivity (Wildman–Crippen MR) is 78.7 cm³/mol. The number of halogens is 1. The molecule has 0 radical (unpaired) electrons. The first-order valence-corrected chi connectivity index (χ1v) is 7.50. The lowest BCUT2D eigenvalue weighted by atomic mass is 10.3. The van der Waals surface area contributed by atoms with Crippen molar-refractivity contribution in [3.63, 3.8) is 0 Å². The van der Waals surface area contributed by atoms with E-state index in [4.69, 9.17) is 21.1 Å². The molecular formula is C14H18ClN3O3. The summed E-state index contributed by atoms with van der Waals surface area (Å²) >= 11 is 5.98. The molecule has 1 aromatic rings. The van der Waals surface area contributed by atoms with Crippen LogP contribution in [0.4, 0.5) is 10.6 Å². The Morgan fingerprint density at radius 1 is 1.38 bits per heavy atom. The lowest BCUT2D eigenvalue weighted by Gasteiger charge is -2.35. The van der Waals surface area contributed by atoms with Crippen LogP contribution in [-0.4, -0.2) is 61.5 Å². The number of piperazine rings is 1. The van der Waals surface area contributed by atoms with E-state index < -0.39 is 0 Å². The Balaban J connectivity index is 1.51. The van der Waals surface area contributed by atoms with E-state index in [1.54, 1.807) is 17.2 Å². The number of aromatic nitrogens is 1. The molecule has 1 aromatic heterocycles. The second kappa shape index (κ2) is 6.49. The van der Waals surface area contributed by atoms with Gasteiger partial charge in [-0.05, 0) is 12.1 Å². The van der Waals surface area contributed by atoms with E-state index in [-0.39, 0.29) is 12.2 Å². The van der Waals surface area contributed by atoms with Crippen molar-refractivity contribution >= 4 is 23.5 Å². The molecule has 0 aromatic carbocycles. The molecule has 0 saturated carbocycles. The summed E-state index contributed by atoms with van der Waals surface area (Å²) in [5.41, 5.74) is 0. The Hall–Kier alpha value is -1.53. The van der Waals surface area contributed by atoms with Crippen LogP contribution in [-0.2, 0) is 9.47 Å². The molecule has 0 bridgehead atoms. The Morgan fingerprint density at radius 2 is 2.19 bits per heavy atom. The van der Waals surface area contributed by atoms with Crippen LogP contribution in [0.25, 0.3) is 0 Å². The maximum absolute atomic E-state index is 12.0. The molecule has 2 aliphatic heterocycles. The average molecular weight is 312 g/mol. The fraction of sp³-hybridized carbons (Fsp3) is 0.571. The van der Waals surface area contributed by atoms with Crippen molar-refractivity contribution in [2.45, 2.75) is 12.5 Å². The first-order valence-electron chi connectivity index (χ1n) is 7.12. The van der Waals surface area contributed by atoms with Crippen LogP contribution in [0.15, 0.2) is 18.3 Å². The molecule has 6 nitrogen and oxygen atoms in total. The molecule has 0 spiro atoms. The van der Waals surface area contributed by atoms with E-state index in [0.29, 0.717) is 31.3 Å².